The first-order valence-electron chi connectivity index (χ1n) is 10.3. The number of aromatic nitrogens is 4. The van der Waals surface area contributed by atoms with Gasteiger partial charge in [0, 0.05) is 36.3 Å². The van der Waals surface area contributed by atoms with Gasteiger partial charge < -0.3 is 19.5 Å². The van der Waals surface area contributed by atoms with Crippen molar-refractivity contribution in [2.24, 2.45) is 0 Å². The summed E-state index contributed by atoms with van der Waals surface area (Å²) >= 11 is 1.19. The number of carbonyl (C=O) groups excluding carboxylic acids is 1. The maximum Gasteiger partial charge on any atom is 0.300 e. The van der Waals surface area contributed by atoms with E-state index in [1.807, 2.05) is 12.1 Å². The highest BCUT2D eigenvalue weighted by molar-refractivity contribution is 8.00. The Labute approximate surface area is 199 Å². The zero-order valence-corrected chi connectivity index (χ0v) is 19.8. The number of hydrogen-bond acceptors (Lipinski definition) is 8. The molecular weight excluding hydrogens is 458 g/mol. The second-order valence-corrected chi connectivity index (χ2v) is 8.48. The molecule has 11 heteroatoms. The standard InChI is InChI=1S/C23H23N5O5S/c1-14(21(29)24-15-11-16(31-2)13-17(12-15)32-3)34-23-26-25-20-22(30)27(9-10-28(20)23)18-7-5-6-8-19(18)33-4/h5-14H,1-4H3,(H,24,29)/t14-/m0/s1. The number of hydrogen-bond donors (Lipinski definition) is 1. The van der Waals surface area contributed by atoms with E-state index < -0.39 is 5.25 Å². The Balaban J connectivity index is 1.56. The number of thioether (sulfide) groups is 1. The number of nitrogens with zero attached hydrogens (tertiary/aromatic N) is 4. The quantitative estimate of drug-likeness (QED) is 0.383. The second-order valence-electron chi connectivity index (χ2n) is 7.17. The predicted molar refractivity (Wildman–Crippen MR) is 129 cm³/mol. The van der Waals surface area contributed by atoms with Crippen LogP contribution in [0.15, 0.2) is 64.8 Å². The van der Waals surface area contributed by atoms with Crippen LogP contribution in [0.2, 0.25) is 0 Å². The maximum atomic E-state index is 13.1. The molecule has 176 valence electrons. The molecule has 4 rings (SSSR count). The molecule has 1 amide bonds. The monoisotopic (exact) mass is 481 g/mol. The predicted octanol–water partition coefficient (Wildman–Crippen LogP) is 3.03. The summed E-state index contributed by atoms with van der Waals surface area (Å²) < 4.78 is 18.9. The Morgan fingerprint density at radius 3 is 2.38 bits per heavy atom. The van der Waals surface area contributed by atoms with Crippen molar-refractivity contribution in [1.82, 2.24) is 19.2 Å². The number of ether oxygens (including phenoxy) is 3. The molecule has 0 spiro atoms. The molecule has 0 unspecified atom stereocenters. The fourth-order valence-corrected chi connectivity index (χ4v) is 4.13. The summed E-state index contributed by atoms with van der Waals surface area (Å²) in [6.45, 7) is 1.74. The number of rotatable bonds is 8. The average molecular weight is 482 g/mol. The van der Waals surface area contributed by atoms with Crippen LogP contribution in [0, 0.1) is 0 Å². The Kier molecular flexibility index (Phi) is 6.73. The summed E-state index contributed by atoms with van der Waals surface area (Å²) in [5.74, 6) is 1.43. The minimum absolute atomic E-state index is 0.140. The molecule has 2 heterocycles. The lowest BCUT2D eigenvalue weighted by Gasteiger charge is -2.13. The molecule has 34 heavy (non-hydrogen) atoms. The molecule has 0 aliphatic heterocycles. The van der Waals surface area contributed by atoms with Gasteiger partial charge in [-0.3, -0.25) is 18.6 Å². The van der Waals surface area contributed by atoms with Crippen molar-refractivity contribution in [2.75, 3.05) is 26.6 Å². The van der Waals surface area contributed by atoms with Crippen molar-refractivity contribution in [3.05, 3.63) is 65.2 Å². The Bertz CT molecular complexity index is 1380. The van der Waals surface area contributed by atoms with E-state index >= 15 is 0 Å². The molecular formula is C23H23N5O5S. The van der Waals surface area contributed by atoms with Crippen molar-refractivity contribution in [2.45, 2.75) is 17.3 Å². The van der Waals surface area contributed by atoms with Gasteiger partial charge in [0.2, 0.25) is 11.6 Å². The molecule has 0 aliphatic rings. The van der Waals surface area contributed by atoms with Crippen molar-refractivity contribution >= 4 is 29.0 Å². The minimum Gasteiger partial charge on any atom is -0.497 e. The first-order chi connectivity index (χ1) is 16.4. The van der Waals surface area contributed by atoms with Crippen LogP contribution in [0.3, 0.4) is 0 Å². The number of amides is 1. The van der Waals surface area contributed by atoms with Crippen molar-refractivity contribution in [3.8, 4) is 22.9 Å². The van der Waals surface area contributed by atoms with E-state index in [2.05, 4.69) is 15.5 Å². The van der Waals surface area contributed by atoms with Crippen molar-refractivity contribution in [1.29, 1.82) is 0 Å². The highest BCUT2D eigenvalue weighted by Crippen LogP contribution is 2.28. The summed E-state index contributed by atoms with van der Waals surface area (Å²) in [7, 11) is 4.62. The van der Waals surface area contributed by atoms with Gasteiger partial charge in [0.1, 0.15) is 17.2 Å². The molecule has 0 fully saturated rings. The van der Waals surface area contributed by atoms with Crippen LogP contribution in [0.1, 0.15) is 6.92 Å². The Hall–Kier alpha value is -3.99. The van der Waals surface area contributed by atoms with E-state index in [9.17, 15) is 9.59 Å². The van der Waals surface area contributed by atoms with E-state index in [1.54, 1.807) is 61.2 Å². The van der Waals surface area contributed by atoms with Crippen molar-refractivity contribution in [3.63, 3.8) is 0 Å². The highest BCUT2D eigenvalue weighted by Gasteiger charge is 2.20. The normalized spacial score (nSPS) is 11.8. The second kappa shape index (κ2) is 9.87. The zero-order chi connectivity index (χ0) is 24.2. The molecule has 0 saturated heterocycles. The third-order valence-electron chi connectivity index (χ3n) is 5.05. The number of benzene rings is 2. The average Bonchev–Trinajstić information content (AvgIpc) is 3.27. The van der Waals surface area contributed by atoms with Gasteiger partial charge in [-0.15, -0.1) is 10.2 Å². The topological polar surface area (TPSA) is 109 Å². The number of methoxy groups -OCH3 is 3. The number of nitrogens with one attached hydrogen (secondary N) is 1. The SMILES string of the molecule is COc1cc(NC(=O)[C@H](C)Sc2nnc3c(=O)n(-c4ccccc4OC)ccn23)cc(OC)c1. The third kappa shape index (κ3) is 4.55. The van der Waals surface area contributed by atoms with Crippen LogP contribution in [0.5, 0.6) is 17.2 Å². The summed E-state index contributed by atoms with van der Waals surface area (Å²) in [6.07, 6.45) is 3.30. The summed E-state index contributed by atoms with van der Waals surface area (Å²) in [5.41, 5.74) is 0.920. The number of fused-ring (bicyclic) bond motifs is 1. The molecule has 10 nitrogen and oxygen atoms in total. The van der Waals surface area contributed by atoms with Gasteiger partial charge in [0.05, 0.1) is 32.3 Å². The van der Waals surface area contributed by atoms with E-state index in [0.717, 1.165) is 0 Å². The smallest absolute Gasteiger partial charge is 0.300 e. The van der Waals surface area contributed by atoms with Crippen LogP contribution >= 0.6 is 11.8 Å². The first kappa shape index (κ1) is 23.2. The van der Waals surface area contributed by atoms with Crippen LogP contribution in [0.4, 0.5) is 5.69 Å². The van der Waals surface area contributed by atoms with Gasteiger partial charge in [-0.1, -0.05) is 23.9 Å². The fraction of sp³-hybridized carbons (Fsp3) is 0.217. The molecule has 0 radical (unpaired) electrons. The van der Waals surface area contributed by atoms with Gasteiger partial charge in [-0.2, -0.15) is 0 Å². The molecule has 0 bridgehead atoms. The van der Waals surface area contributed by atoms with E-state index in [1.165, 1.54) is 30.5 Å². The van der Waals surface area contributed by atoms with Crippen LogP contribution in [-0.4, -0.2) is 51.7 Å². The molecule has 1 atom stereocenters. The van der Waals surface area contributed by atoms with Gasteiger partial charge in [-0.25, -0.2) is 0 Å². The largest absolute Gasteiger partial charge is 0.497 e. The highest BCUT2D eigenvalue weighted by atomic mass is 32.2. The number of para-hydroxylation sites is 2. The van der Waals surface area contributed by atoms with Gasteiger partial charge in [0.15, 0.2) is 5.16 Å². The van der Waals surface area contributed by atoms with Crippen molar-refractivity contribution < 1.29 is 19.0 Å². The molecule has 2 aromatic carbocycles. The van der Waals surface area contributed by atoms with E-state index in [-0.39, 0.29) is 17.1 Å². The first-order valence-corrected chi connectivity index (χ1v) is 11.1. The zero-order valence-electron chi connectivity index (χ0n) is 19.0. The van der Waals surface area contributed by atoms with E-state index in [4.69, 9.17) is 14.2 Å². The third-order valence-corrected chi connectivity index (χ3v) is 6.11. The van der Waals surface area contributed by atoms with Gasteiger partial charge >= 0.3 is 5.56 Å². The van der Waals surface area contributed by atoms with Crippen LogP contribution in [-0.2, 0) is 4.79 Å². The maximum absolute atomic E-state index is 13.1. The summed E-state index contributed by atoms with van der Waals surface area (Å²) in [5, 5.41) is 10.9. The Morgan fingerprint density at radius 1 is 1.00 bits per heavy atom. The summed E-state index contributed by atoms with van der Waals surface area (Å²) in [4.78, 5) is 25.9. The lowest BCUT2D eigenvalue weighted by Crippen LogP contribution is -2.23. The lowest BCUT2D eigenvalue weighted by molar-refractivity contribution is -0.115. The lowest BCUT2D eigenvalue weighted by atomic mass is 10.2. The molecule has 2 aromatic heterocycles. The molecule has 4 aromatic rings. The number of carbonyl (C=O) groups is 1. The summed E-state index contributed by atoms with van der Waals surface area (Å²) in [6, 6.07) is 12.3. The minimum atomic E-state index is -0.527. The Morgan fingerprint density at radius 2 is 1.71 bits per heavy atom. The van der Waals surface area contributed by atoms with E-state index in [0.29, 0.717) is 33.8 Å². The van der Waals surface area contributed by atoms with Crippen LogP contribution < -0.4 is 25.1 Å². The number of anilines is 1. The molecule has 1 N–H and O–H groups in total. The van der Waals surface area contributed by atoms with Gasteiger partial charge in [0.25, 0.3) is 0 Å². The molecule has 0 saturated carbocycles. The van der Waals surface area contributed by atoms with Gasteiger partial charge in [-0.05, 0) is 19.1 Å². The molecule has 0 aliphatic carbocycles. The van der Waals surface area contributed by atoms with Crippen LogP contribution in [0.25, 0.3) is 11.3 Å². The fourth-order valence-electron chi connectivity index (χ4n) is 3.30.